The number of oxazole rings is 1. The highest BCUT2D eigenvalue weighted by atomic mass is 16.4. The molecular formula is C19H20N2O3. The molecule has 0 fully saturated rings. The average Bonchev–Trinajstić information content (AvgIpc) is 2.93. The summed E-state index contributed by atoms with van der Waals surface area (Å²) in [5.41, 5.74) is 2.81. The lowest BCUT2D eigenvalue weighted by molar-refractivity contribution is -0.116. The Balaban J connectivity index is 1.63. The largest absolute Gasteiger partial charge is 0.417 e. The summed E-state index contributed by atoms with van der Waals surface area (Å²) in [6.45, 7) is 4.27. The molecule has 3 rings (SSSR count). The standard InChI is InChI=1S/C19H20N2O3/c1-19(2,13-6-4-3-5-7-13)11-10-17(22)20-14-8-9-15-16(12-14)24-18(23)21-15/h3-9,12H,10-11H2,1-2H3,(H,20,22)(H,21,23). The summed E-state index contributed by atoms with van der Waals surface area (Å²) in [4.78, 5) is 25.9. The molecule has 0 atom stereocenters. The Morgan fingerprint density at radius 3 is 2.67 bits per heavy atom. The van der Waals surface area contributed by atoms with Gasteiger partial charge in [-0.15, -0.1) is 0 Å². The SMILES string of the molecule is CC(C)(CCC(=O)Nc1ccc2[nH]c(=O)oc2c1)c1ccccc1. The lowest BCUT2D eigenvalue weighted by atomic mass is 9.80. The monoisotopic (exact) mass is 324 g/mol. The molecule has 0 bridgehead atoms. The Labute approximate surface area is 139 Å². The molecule has 1 aromatic heterocycles. The fourth-order valence-electron chi connectivity index (χ4n) is 2.71. The average molecular weight is 324 g/mol. The topological polar surface area (TPSA) is 75.1 Å². The first-order chi connectivity index (χ1) is 11.4. The second-order valence-corrected chi connectivity index (χ2v) is 6.52. The van der Waals surface area contributed by atoms with Crippen molar-refractivity contribution in [2.24, 2.45) is 0 Å². The zero-order valence-electron chi connectivity index (χ0n) is 13.8. The highest BCUT2D eigenvalue weighted by Crippen LogP contribution is 2.28. The Bertz CT molecular complexity index is 907. The Kier molecular flexibility index (Phi) is 4.25. The van der Waals surface area contributed by atoms with E-state index in [2.05, 4.69) is 36.3 Å². The molecule has 124 valence electrons. The lowest BCUT2D eigenvalue weighted by Crippen LogP contribution is -2.21. The predicted octanol–water partition coefficient (Wildman–Crippen LogP) is 3.82. The van der Waals surface area contributed by atoms with Gasteiger partial charge in [0.1, 0.15) is 0 Å². The minimum Gasteiger partial charge on any atom is -0.408 e. The number of benzene rings is 2. The molecule has 0 unspecified atom stereocenters. The fraction of sp³-hybridized carbons (Fsp3) is 0.263. The van der Waals surface area contributed by atoms with Crippen LogP contribution in [0.25, 0.3) is 11.1 Å². The van der Waals surface area contributed by atoms with Gasteiger partial charge >= 0.3 is 5.76 Å². The van der Waals surface area contributed by atoms with Crippen molar-refractivity contribution < 1.29 is 9.21 Å². The molecule has 3 aromatic rings. The van der Waals surface area contributed by atoms with Crippen LogP contribution in [0.2, 0.25) is 0 Å². The highest BCUT2D eigenvalue weighted by Gasteiger charge is 2.21. The molecule has 0 aliphatic carbocycles. The van der Waals surface area contributed by atoms with E-state index in [0.717, 1.165) is 6.42 Å². The molecule has 24 heavy (non-hydrogen) atoms. The van der Waals surface area contributed by atoms with Crippen molar-refractivity contribution in [1.29, 1.82) is 0 Å². The van der Waals surface area contributed by atoms with Gasteiger partial charge in [-0.3, -0.25) is 9.78 Å². The third kappa shape index (κ3) is 3.56. The zero-order chi connectivity index (χ0) is 17.2. The van der Waals surface area contributed by atoms with E-state index in [0.29, 0.717) is 23.2 Å². The van der Waals surface area contributed by atoms with Gasteiger partial charge in [0.05, 0.1) is 5.52 Å². The van der Waals surface area contributed by atoms with Crippen LogP contribution in [-0.2, 0) is 10.2 Å². The third-order valence-corrected chi connectivity index (χ3v) is 4.24. The van der Waals surface area contributed by atoms with Gasteiger partial charge in [0, 0.05) is 18.2 Å². The molecule has 0 saturated carbocycles. The minimum atomic E-state index is -0.502. The van der Waals surface area contributed by atoms with E-state index >= 15 is 0 Å². The number of H-pyrrole nitrogens is 1. The normalized spacial score (nSPS) is 11.6. The first-order valence-corrected chi connectivity index (χ1v) is 7.92. The van der Waals surface area contributed by atoms with E-state index in [9.17, 15) is 9.59 Å². The number of aromatic amines is 1. The van der Waals surface area contributed by atoms with Crippen LogP contribution in [0.5, 0.6) is 0 Å². The maximum absolute atomic E-state index is 12.2. The van der Waals surface area contributed by atoms with E-state index in [1.54, 1.807) is 18.2 Å². The Morgan fingerprint density at radius 1 is 1.17 bits per heavy atom. The quantitative estimate of drug-likeness (QED) is 0.749. The molecular weight excluding hydrogens is 304 g/mol. The van der Waals surface area contributed by atoms with Crippen LogP contribution in [0.4, 0.5) is 5.69 Å². The summed E-state index contributed by atoms with van der Waals surface area (Å²) in [6.07, 6.45) is 1.15. The van der Waals surface area contributed by atoms with Gasteiger partial charge in [-0.1, -0.05) is 44.2 Å². The van der Waals surface area contributed by atoms with Crippen LogP contribution < -0.4 is 11.1 Å². The number of nitrogens with one attached hydrogen (secondary N) is 2. The van der Waals surface area contributed by atoms with Crippen molar-refractivity contribution >= 4 is 22.7 Å². The number of anilines is 1. The number of rotatable bonds is 5. The van der Waals surface area contributed by atoms with Crippen molar-refractivity contribution in [1.82, 2.24) is 4.98 Å². The van der Waals surface area contributed by atoms with Gasteiger partial charge in [0.15, 0.2) is 5.58 Å². The van der Waals surface area contributed by atoms with Crippen molar-refractivity contribution in [2.45, 2.75) is 32.1 Å². The van der Waals surface area contributed by atoms with Gasteiger partial charge < -0.3 is 9.73 Å². The first-order valence-electron chi connectivity index (χ1n) is 7.92. The summed E-state index contributed by atoms with van der Waals surface area (Å²) in [5, 5.41) is 2.85. The highest BCUT2D eigenvalue weighted by molar-refractivity contribution is 5.92. The molecule has 5 nitrogen and oxygen atoms in total. The smallest absolute Gasteiger partial charge is 0.408 e. The number of carbonyl (C=O) groups excluding carboxylic acids is 1. The van der Waals surface area contributed by atoms with Crippen LogP contribution in [-0.4, -0.2) is 10.9 Å². The molecule has 0 radical (unpaired) electrons. The van der Waals surface area contributed by atoms with Crippen molar-refractivity contribution in [3.8, 4) is 0 Å². The summed E-state index contributed by atoms with van der Waals surface area (Å²) in [5.74, 6) is -0.561. The van der Waals surface area contributed by atoms with Crippen LogP contribution >= 0.6 is 0 Å². The maximum atomic E-state index is 12.2. The first kappa shape index (κ1) is 16.1. The third-order valence-electron chi connectivity index (χ3n) is 4.24. The number of amides is 1. The van der Waals surface area contributed by atoms with Crippen molar-refractivity contribution in [3.05, 3.63) is 64.6 Å². The fourth-order valence-corrected chi connectivity index (χ4v) is 2.71. The van der Waals surface area contributed by atoms with E-state index < -0.39 is 5.76 Å². The zero-order valence-corrected chi connectivity index (χ0v) is 13.8. The maximum Gasteiger partial charge on any atom is 0.417 e. The van der Waals surface area contributed by atoms with Gasteiger partial charge in [0.2, 0.25) is 5.91 Å². The Morgan fingerprint density at radius 2 is 1.92 bits per heavy atom. The van der Waals surface area contributed by atoms with Gasteiger partial charge in [-0.25, -0.2) is 4.79 Å². The van der Waals surface area contributed by atoms with E-state index in [1.807, 2.05) is 18.2 Å². The number of fused-ring (bicyclic) bond motifs is 1. The Hall–Kier alpha value is -2.82. The molecule has 2 N–H and O–H groups in total. The number of aromatic nitrogens is 1. The molecule has 2 aromatic carbocycles. The summed E-state index contributed by atoms with van der Waals surface area (Å²) in [6, 6.07) is 15.3. The predicted molar refractivity (Wildman–Crippen MR) is 94.2 cm³/mol. The van der Waals surface area contributed by atoms with Gasteiger partial charge in [-0.2, -0.15) is 0 Å². The second-order valence-electron chi connectivity index (χ2n) is 6.52. The molecule has 5 heteroatoms. The van der Waals surface area contributed by atoms with E-state index in [1.165, 1.54) is 5.56 Å². The molecule has 0 aliphatic heterocycles. The summed E-state index contributed by atoms with van der Waals surface area (Å²) < 4.78 is 5.00. The van der Waals surface area contributed by atoms with E-state index in [-0.39, 0.29) is 11.3 Å². The van der Waals surface area contributed by atoms with Gasteiger partial charge in [-0.05, 0) is 29.5 Å². The van der Waals surface area contributed by atoms with Crippen LogP contribution in [0.3, 0.4) is 0 Å². The lowest BCUT2D eigenvalue weighted by Gasteiger charge is -2.25. The molecule has 1 amide bonds. The molecule has 1 heterocycles. The second kappa shape index (κ2) is 6.35. The number of hydrogen-bond acceptors (Lipinski definition) is 3. The van der Waals surface area contributed by atoms with Crippen LogP contribution in [0.1, 0.15) is 32.3 Å². The van der Waals surface area contributed by atoms with Crippen molar-refractivity contribution in [3.63, 3.8) is 0 Å². The molecule has 0 aliphatic rings. The minimum absolute atomic E-state index is 0.0590. The van der Waals surface area contributed by atoms with Crippen LogP contribution in [0, 0.1) is 0 Å². The van der Waals surface area contributed by atoms with Gasteiger partial charge in [0.25, 0.3) is 0 Å². The summed E-state index contributed by atoms with van der Waals surface area (Å²) >= 11 is 0. The molecule has 0 saturated heterocycles. The molecule has 0 spiro atoms. The van der Waals surface area contributed by atoms with Crippen molar-refractivity contribution in [2.75, 3.05) is 5.32 Å². The number of carbonyl (C=O) groups is 1. The summed E-state index contributed by atoms with van der Waals surface area (Å²) in [7, 11) is 0. The van der Waals surface area contributed by atoms with Crippen LogP contribution in [0.15, 0.2) is 57.7 Å². The number of hydrogen-bond donors (Lipinski definition) is 2. The van der Waals surface area contributed by atoms with E-state index in [4.69, 9.17) is 4.42 Å².